The van der Waals surface area contributed by atoms with Gasteiger partial charge >= 0.3 is 0 Å². The molecule has 0 aliphatic carbocycles. The summed E-state index contributed by atoms with van der Waals surface area (Å²) in [6.45, 7) is 3.13. The number of sulfonamides is 1. The first-order valence-corrected chi connectivity index (χ1v) is 7.73. The van der Waals surface area contributed by atoms with E-state index in [0.29, 0.717) is 11.3 Å². The quantitative estimate of drug-likeness (QED) is 0.880. The van der Waals surface area contributed by atoms with E-state index in [1.807, 2.05) is 0 Å². The third kappa shape index (κ3) is 2.79. The molecule has 0 atom stereocenters. The van der Waals surface area contributed by atoms with Crippen LogP contribution in [0, 0.1) is 19.7 Å². The molecule has 0 saturated heterocycles. The Morgan fingerprint density at radius 3 is 2.62 bits per heavy atom. The van der Waals surface area contributed by atoms with Gasteiger partial charge in [0, 0.05) is 7.05 Å². The Hall–Kier alpha value is -1.86. The minimum Gasteiger partial charge on any atom is -0.468 e. The largest absolute Gasteiger partial charge is 0.468 e. The van der Waals surface area contributed by atoms with Crippen molar-refractivity contribution in [3.05, 3.63) is 47.2 Å². The van der Waals surface area contributed by atoms with Crippen LogP contribution >= 0.6 is 0 Å². The van der Waals surface area contributed by atoms with Gasteiger partial charge in [0.15, 0.2) is 0 Å². The number of nitrogens with zero attached hydrogens (tertiary/aromatic N) is 1. The Balaban J connectivity index is 2.47. The van der Waals surface area contributed by atoms with Gasteiger partial charge in [-0.15, -0.1) is 0 Å². The van der Waals surface area contributed by atoms with Crippen LogP contribution in [-0.2, 0) is 16.6 Å². The Labute approximate surface area is 123 Å². The lowest BCUT2D eigenvalue weighted by Crippen LogP contribution is -2.28. The lowest BCUT2D eigenvalue weighted by molar-refractivity contribution is 0.406. The molecular formula is C14H17FN2O3S. The normalized spacial score (nSPS) is 12.0. The maximum absolute atomic E-state index is 13.6. The van der Waals surface area contributed by atoms with Crippen molar-refractivity contribution >= 4 is 15.7 Å². The predicted octanol–water partition coefficient (Wildman–Crippen LogP) is 2.44. The van der Waals surface area contributed by atoms with Crippen molar-refractivity contribution in [3.63, 3.8) is 0 Å². The Morgan fingerprint density at radius 1 is 1.38 bits per heavy atom. The van der Waals surface area contributed by atoms with Gasteiger partial charge in [-0.05, 0) is 43.2 Å². The number of furan rings is 1. The smallest absolute Gasteiger partial charge is 0.243 e. The number of nitrogen functional groups attached to an aromatic ring is 1. The molecule has 0 aliphatic rings. The van der Waals surface area contributed by atoms with E-state index in [0.717, 1.165) is 10.4 Å². The second-order valence-corrected chi connectivity index (χ2v) is 6.87. The molecule has 2 rings (SSSR count). The van der Waals surface area contributed by atoms with Gasteiger partial charge in [0.25, 0.3) is 0 Å². The first-order chi connectivity index (χ1) is 9.75. The molecule has 7 heteroatoms. The molecule has 0 aliphatic heterocycles. The van der Waals surface area contributed by atoms with Gasteiger partial charge in [-0.3, -0.25) is 0 Å². The molecule has 0 saturated carbocycles. The molecule has 1 aromatic carbocycles. The van der Waals surface area contributed by atoms with Crippen molar-refractivity contribution < 1.29 is 17.2 Å². The molecule has 1 heterocycles. The van der Waals surface area contributed by atoms with E-state index in [-0.39, 0.29) is 22.7 Å². The highest BCUT2D eigenvalue weighted by Crippen LogP contribution is 2.29. The summed E-state index contributed by atoms with van der Waals surface area (Å²) in [7, 11) is -2.35. The monoisotopic (exact) mass is 312 g/mol. The van der Waals surface area contributed by atoms with Gasteiger partial charge in [0.05, 0.1) is 23.4 Å². The molecule has 0 spiro atoms. The molecule has 114 valence electrons. The third-order valence-electron chi connectivity index (χ3n) is 3.33. The van der Waals surface area contributed by atoms with Crippen LogP contribution in [-0.4, -0.2) is 19.8 Å². The zero-order valence-electron chi connectivity index (χ0n) is 12.1. The van der Waals surface area contributed by atoms with Crippen LogP contribution < -0.4 is 5.73 Å². The Kier molecular flexibility index (Phi) is 4.06. The van der Waals surface area contributed by atoms with E-state index in [1.165, 1.54) is 20.2 Å². The molecule has 2 aromatic rings. The number of nitrogens with two attached hydrogens (primary N) is 1. The van der Waals surface area contributed by atoms with Gasteiger partial charge < -0.3 is 10.2 Å². The zero-order chi connectivity index (χ0) is 15.8. The SMILES string of the molecule is Cc1cc(F)c(N)c(C)c1S(=O)(=O)N(C)Cc1ccco1. The van der Waals surface area contributed by atoms with E-state index in [2.05, 4.69) is 0 Å². The van der Waals surface area contributed by atoms with Gasteiger partial charge in [-0.25, -0.2) is 12.8 Å². The van der Waals surface area contributed by atoms with Crippen LogP contribution in [0.1, 0.15) is 16.9 Å². The van der Waals surface area contributed by atoms with E-state index in [4.69, 9.17) is 10.2 Å². The van der Waals surface area contributed by atoms with Gasteiger partial charge in [-0.1, -0.05) is 0 Å². The summed E-state index contributed by atoms with van der Waals surface area (Å²) < 4.78 is 45.2. The van der Waals surface area contributed by atoms with Crippen molar-refractivity contribution in [2.75, 3.05) is 12.8 Å². The number of benzene rings is 1. The summed E-state index contributed by atoms with van der Waals surface area (Å²) in [5.41, 5.74) is 6.01. The molecule has 21 heavy (non-hydrogen) atoms. The maximum atomic E-state index is 13.6. The molecule has 0 unspecified atom stereocenters. The van der Waals surface area contributed by atoms with Crippen molar-refractivity contribution in [2.24, 2.45) is 0 Å². The Morgan fingerprint density at radius 2 is 2.05 bits per heavy atom. The fourth-order valence-electron chi connectivity index (χ4n) is 2.19. The van der Waals surface area contributed by atoms with Crippen LogP contribution in [0.15, 0.2) is 33.8 Å². The highest BCUT2D eigenvalue weighted by molar-refractivity contribution is 7.89. The predicted molar refractivity (Wildman–Crippen MR) is 77.6 cm³/mol. The van der Waals surface area contributed by atoms with Crippen LogP contribution in [0.3, 0.4) is 0 Å². The Bertz CT molecular complexity index is 755. The number of halogens is 1. The first kappa shape index (κ1) is 15.5. The standard InChI is InChI=1S/C14H17FN2O3S/c1-9-7-12(15)13(16)10(2)14(9)21(18,19)17(3)8-11-5-4-6-20-11/h4-7H,8,16H2,1-3H3. The number of hydrogen-bond donors (Lipinski definition) is 1. The third-order valence-corrected chi connectivity index (χ3v) is 5.42. The molecule has 0 bridgehead atoms. The highest BCUT2D eigenvalue weighted by Gasteiger charge is 2.27. The van der Waals surface area contributed by atoms with Crippen LogP contribution in [0.5, 0.6) is 0 Å². The second-order valence-electron chi connectivity index (χ2n) is 4.88. The van der Waals surface area contributed by atoms with Crippen LogP contribution in [0.2, 0.25) is 0 Å². The molecule has 1 aromatic heterocycles. The number of aryl methyl sites for hydroxylation is 1. The molecule has 5 nitrogen and oxygen atoms in total. The van der Waals surface area contributed by atoms with Gasteiger partial charge in [-0.2, -0.15) is 4.31 Å². The van der Waals surface area contributed by atoms with Crippen molar-refractivity contribution in [2.45, 2.75) is 25.3 Å². The molecule has 0 fully saturated rings. The van der Waals surface area contributed by atoms with E-state index < -0.39 is 15.8 Å². The summed E-state index contributed by atoms with van der Waals surface area (Å²) in [5, 5.41) is 0. The maximum Gasteiger partial charge on any atom is 0.243 e. The lowest BCUT2D eigenvalue weighted by atomic mass is 10.1. The first-order valence-electron chi connectivity index (χ1n) is 6.29. The summed E-state index contributed by atoms with van der Waals surface area (Å²) in [5.74, 6) is -0.0934. The topological polar surface area (TPSA) is 76.5 Å². The molecule has 0 radical (unpaired) electrons. The van der Waals surface area contributed by atoms with Crippen molar-refractivity contribution in [1.82, 2.24) is 4.31 Å². The average molecular weight is 312 g/mol. The van der Waals surface area contributed by atoms with Crippen LogP contribution in [0.4, 0.5) is 10.1 Å². The number of anilines is 1. The molecular weight excluding hydrogens is 295 g/mol. The average Bonchev–Trinajstić information content (AvgIpc) is 2.88. The summed E-state index contributed by atoms with van der Waals surface area (Å²) >= 11 is 0. The summed E-state index contributed by atoms with van der Waals surface area (Å²) in [6.07, 6.45) is 1.47. The van der Waals surface area contributed by atoms with Crippen molar-refractivity contribution in [3.8, 4) is 0 Å². The summed E-state index contributed by atoms with van der Waals surface area (Å²) in [6, 6.07) is 4.50. The fraction of sp³-hybridized carbons (Fsp3) is 0.286. The van der Waals surface area contributed by atoms with E-state index in [1.54, 1.807) is 19.1 Å². The minimum absolute atomic E-state index is 0.0375. The van der Waals surface area contributed by atoms with Gasteiger partial charge in [0.1, 0.15) is 11.6 Å². The highest BCUT2D eigenvalue weighted by atomic mass is 32.2. The second kappa shape index (κ2) is 5.50. The van der Waals surface area contributed by atoms with Crippen LogP contribution in [0.25, 0.3) is 0 Å². The zero-order valence-corrected chi connectivity index (χ0v) is 12.9. The molecule has 0 amide bonds. The fourth-order valence-corrected chi connectivity index (χ4v) is 3.76. The van der Waals surface area contributed by atoms with Crippen molar-refractivity contribution in [1.29, 1.82) is 0 Å². The van der Waals surface area contributed by atoms with E-state index >= 15 is 0 Å². The minimum atomic E-state index is -3.79. The summed E-state index contributed by atoms with van der Waals surface area (Å²) in [4.78, 5) is 0.0375. The number of rotatable bonds is 4. The molecule has 2 N–H and O–H groups in total. The van der Waals surface area contributed by atoms with E-state index in [9.17, 15) is 12.8 Å². The lowest BCUT2D eigenvalue weighted by Gasteiger charge is -2.20. The van der Waals surface area contributed by atoms with Gasteiger partial charge in [0.2, 0.25) is 10.0 Å². The number of hydrogen-bond acceptors (Lipinski definition) is 4.